The summed E-state index contributed by atoms with van der Waals surface area (Å²) in [5.41, 5.74) is 5.94. The third-order valence-corrected chi connectivity index (χ3v) is 5.08. The number of benzene rings is 2. The summed E-state index contributed by atoms with van der Waals surface area (Å²) >= 11 is 0. The van der Waals surface area contributed by atoms with E-state index < -0.39 is 0 Å². The standard InChI is InChI=1S/C24H22N4O2/c1-15-16(2)26-22(13-20(15)17-8-5-4-6-9-17)27-24(29)21-14-25-28-23(21)18-10-7-11-19(12-18)30-3/h4-14H,1-3H3,(H,25,28)(H,26,27,29). The average molecular weight is 398 g/mol. The number of methoxy groups -OCH3 is 1. The first kappa shape index (κ1) is 19.4. The second-order valence-electron chi connectivity index (χ2n) is 6.98. The molecular weight excluding hydrogens is 376 g/mol. The maximum atomic E-state index is 13.0. The zero-order chi connectivity index (χ0) is 21.1. The number of rotatable bonds is 5. The highest BCUT2D eigenvalue weighted by Gasteiger charge is 2.17. The molecule has 2 N–H and O–H groups in total. The number of aromatic amines is 1. The molecule has 6 nitrogen and oxygen atoms in total. The molecule has 0 aliphatic rings. The van der Waals surface area contributed by atoms with E-state index in [9.17, 15) is 4.79 Å². The Labute approximate surface area is 175 Å². The highest BCUT2D eigenvalue weighted by molar-refractivity contribution is 6.07. The van der Waals surface area contributed by atoms with Gasteiger partial charge in [-0.05, 0) is 48.7 Å². The van der Waals surface area contributed by atoms with Gasteiger partial charge in [-0.1, -0.05) is 42.5 Å². The summed E-state index contributed by atoms with van der Waals surface area (Å²) in [7, 11) is 1.61. The van der Waals surface area contributed by atoms with E-state index in [2.05, 4.69) is 20.5 Å². The van der Waals surface area contributed by atoms with Crippen molar-refractivity contribution in [2.75, 3.05) is 12.4 Å². The monoisotopic (exact) mass is 398 g/mol. The Morgan fingerprint density at radius 3 is 2.53 bits per heavy atom. The lowest BCUT2D eigenvalue weighted by atomic mass is 10.00. The van der Waals surface area contributed by atoms with Crippen LogP contribution >= 0.6 is 0 Å². The van der Waals surface area contributed by atoms with Gasteiger partial charge in [0.25, 0.3) is 5.91 Å². The van der Waals surface area contributed by atoms with E-state index in [1.54, 1.807) is 7.11 Å². The van der Waals surface area contributed by atoms with Gasteiger partial charge in [0, 0.05) is 11.3 Å². The second-order valence-corrected chi connectivity index (χ2v) is 6.98. The largest absolute Gasteiger partial charge is 0.497 e. The van der Waals surface area contributed by atoms with Crippen LogP contribution in [0.4, 0.5) is 5.82 Å². The zero-order valence-corrected chi connectivity index (χ0v) is 17.1. The summed E-state index contributed by atoms with van der Waals surface area (Å²) in [5, 5.41) is 9.90. The van der Waals surface area contributed by atoms with Crippen LogP contribution in [0.3, 0.4) is 0 Å². The molecule has 0 aliphatic heterocycles. The van der Waals surface area contributed by atoms with Crippen LogP contribution in [0.15, 0.2) is 66.9 Å². The number of anilines is 1. The number of hydrogen-bond acceptors (Lipinski definition) is 4. The van der Waals surface area contributed by atoms with Crippen LogP contribution in [0.2, 0.25) is 0 Å². The van der Waals surface area contributed by atoms with Gasteiger partial charge in [-0.25, -0.2) is 4.98 Å². The van der Waals surface area contributed by atoms with Crippen molar-refractivity contribution in [3.8, 4) is 28.1 Å². The number of aromatic nitrogens is 3. The number of pyridine rings is 1. The normalized spacial score (nSPS) is 10.6. The summed E-state index contributed by atoms with van der Waals surface area (Å²) in [6.07, 6.45) is 1.52. The van der Waals surface area contributed by atoms with Crippen molar-refractivity contribution in [2.45, 2.75) is 13.8 Å². The SMILES string of the molecule is COc1cccc(-c2[nH]ncc2C(=O)Nc2cc(-c3ccccc3)c(C)c(C)n2)c1. The molecule has 4 aromatic rings. The number of H-pyrrole nitrogens is 1. The van der Waals surface area contributed by atoms with Crippen molar-refractivity contribution in [2.24, 2.45) is 0 Å². The molecule has 6 heteroatoms. The lowest BCUT2D eigenvalue weighted by molar-refractivity contribution is 0.102. The molecule has 0 atom stereocenters. The molecule has 4 rings (SSSR count). The highest BCUT2D eigenvalue weighted by Crippen LogP contribution is 2.29. The summed E-state index contributed by atoms with van der Waals surface area (Å²) in [4.78, 5) is 17.6. The minimum atomic E-state index is -0.281. The number of nitrogens with one attached hydrogen (secondary N) is 2. The lowest BCUT2D eigenvalue weighted by Crippen LogP contribution is -2.14. The quantitative estimate of drug-likeness (QED) is 0.495. The van der Waals surface area contributed by atoms with Crippen molar-refractivity contribution in [1.82, 2.24) is 15.2 Å². The van der Waals surface area contributed by atoms with Gasteiger partial charge in [-0.2, -0.15) is 5.10 Å². The first-order valence-electron chi connectivity index (χ1n) is 9.59. The van der Waals surface area contributed by atoms with Crippen LogP contribution in [0.5, 0.6) is 5.75 Å². The van der Waals surface area contributed by atoms with Gasteiger partial charge in [-0.15, -0.1) is 0 Å². The molecule has 2 heterocycles. The number of amides is 1. The Bertz CT molecular complexity index is 1200. The lowest BCUT2D eigenvalue weighted by Gasteiger charge is -2.13. The van der Waals surface area contributed by atoms with Crippen molar-refractivity contribution < 1.29 is 9.53 Å². The van der Waals surface area contributed by atoms with Crippen molar-refractivity contribution in [3.05, 3.63) is 83.7 Å². The van der Waals surface area contributed by atoms with Gasteiger partial charge < -0.3 is 10.1 Å². The molecule has 30 heavy (non-hydrogen) atoms. The Morgan fingerprint density at radius 2 is 1.77 bits per heavy atom. The molecule has 2 aromatic carbocycles. The molecule has 0 saturated carbocycles. The molecule has 150 valence electrons. The summed E-state index contributed by atoms with van der Waals surface area (Å²) in [6, 6.07) is 19.4. The van der Waals surface area contributed by atoms with Crippen LogP contribution in [0.1, 0.15) is 21.6 Å². The number of hydrogen-bond donors (Lipinski definition) is 2. The summed E-state index contributed by atoms with van der Waals surface area (Å²) in [6.45, 7) is 3.98. The Balaban J connectivity index is 1.66. The fourth-order valence-electron chi connectivity index (χ4n) is 3.36. The molecule has 0 fully saturated rings. The Morgan fingerprint density at radius 1 is 1.00 bits per heavy atom. The average Bonchev–Trinajstić information content (AvgIpc) is 3.27. The first-order valence-corrected chi connectivity index (χ1v) is 9.59. The fourth-order valence-corrected chi connectivity index (χ4v) is 3.36. The Hall–Kier alpha value is -3.93. The number of carbonyl (C=O) groups excluding carboxylic acids is 1. The molecule has 0 radical (unpaired) electrons. The van der Waals surface area contributed by atoms with Crippen LogP contribution < -0.4 is 10.1 Å². The van der Waals surface area contributed by atoms with Crippen LogP contribution in [-0.4, -0.2) is 28.2 Å². The van der Waals surface area contributed by atoms with Gasteiger partial charge in [-0.3, -0.25) is 9.89 Å². The van der Waals surface area contributed by atoms with Crippen LogP contribution in [-0.2, 0) is 0 Å². The molecule has 0 bridgehead atoms. The van der Waals surface area contributed by atoms with Crippen molar-refractivity contribution in [1.29, 1.82) is 0 Å². The molecule has 0 saturated heterocycles. The maximum absolute atomic E-state index is 13.0. The highest BCUT2D eigenvalue weighted by atomic mass is 16.5. The molecule has 1 amide bonds. The summed E-state index contributed by atoms with van der Waals surface area (Å²) < 4.78 is 5.28. The second kappa shape index (κ2) is 8.21. The predicted octanol–water partition coefficient (Wildman–Crippen LogP) is 5.02. The minimum Gasteiger partial charge on any atom is -0.497 e. The summed E-state index contributed by atoms with van der Waals surface area (Å²) in [5.74, 6) is 0.924. The van der Waals surface area contributed by atoms with E-state index in [1.807, 2.05) is 74.5 Å². The Kier molecular flexibility index (Phi) is 5.30. The van der Waals surface area contributed by atoms with E-state index in [0.717, 1.165) is 27.9 Å². The number of carbonyl (C=O) groups is 1. The number of aryl methyl sites for hydroxylation is 1. The number of nitrogens with zero attached hydrogens (tertiary/aromatic N) is 2. The predicted molar refractivity (Wildman–Crippen MR) is 118 cm³/mol. The van der Waals surface area contributed by atoms with E-state index in [1.165, 1.54) is 6.20 Å². The minimum absolute atomic E-state index is 0.281. The molecule has 0 unspecified atom stereocenters. The maximum Gasteiger partial charge on any atom is 0.260 e. The number of ether oxygens (including phenoxy) is 1. The van der Waals surface area contributed by atoms with Gasteiger partial charge in [0.1, 0.15) is 11.6 Å². The molecule has 0 spiro atoms. The van der Waals surface area contributed by atoms with Gasteiger partial charge in [0.05, 0.1) is 24.6 Å². The van der Waals surface area contributed by atoms with E-state index in [-0.39, 0.29) is 5.91 Å². The van der Waals surface area contributed by atoms with Crippen LogP contribution in [0.25, 0.3) is 22.4 Å². The zero-order valence-electron chi connectivity index (χ0n) is 17.1. The molecule has 2 aromatic heterocycles. The fraction of sp³-hybridized carbons (Fsp3) is 0.125. The third kappa shape index (κ3) is 3.80. The first-order chi connectivity index (χ1) is 14.6. The molecule has 0 aliphatic carbocycles. The van der Waals surface area contributed by atoms with E-state index >= 15 is 0 Å². The smallest absolute Gasteiger partial charge is 0.260 e. The molecular formula is C24H22N4O2. The van der Waals surface area contributed by atoms with E-state index in [0.29, 0.717) is 22.8 Å². The van der Waals surface area contributed by atoms with Crippen molar-refractivity contribution >= 4 is 11.7 Å². The van der Waals surface area contributed by atoms with Crippen molar-refractivity contribution in [3.63, 3.8) is 0 Å². The third-order valence-electron chi connectivity index (χ3n) is 5.08. The van der Waals surface area contributed by atoms with Gasteiger partial charge >= 0.3 is 0 Å². The van der Waals surface area contributed by atoms with Crippen LogP contribution in [0, 0.1) is 13.8 Å². The van der Waals surface area contributed by atoms with E-state index in [4.69, 9.17) is 4.74 Å². The van der Waals surface area contributed by atoms with Gasteiger partial charge in [0.15, 0.2) is 0 Å². The topological polar surface area (TPSA) is 79.9 Å². The van der Waals surface area contributed by atoms with Gasteiger partial charge in [0.2, 0.25) is 0 Å².